The van der Waals surface area contributed by atoms with E-state index in [-0.39, 0.29) is 12.6 Å². The molecule has 0 rings (SSSR count). The van der Waals surface area contributed by atoms with Crippen LogP contribution in [0, 0.1) is 11.3 Å². The van der Waals surface area contributed by atoms with E-state index in [2.05, 4.69) is 0 Å². The molecule has 1 unspecified atom stereocenters. The fourth-order valence-electron chi connectivity index (χ4n) is 1.12. The number of hydrogen-bond donors (Lipinski definition) is 0. The van der Waals surface area contributed by atoms with Gasteiger partial charge < -0.3 is 18.8 Å². The molecule has 0 N–H and O–H groups in total. The van der Waals surface area contributed by atoms with Gasteiger partial charge in [-0.15, -0.1) is 0 Å². The second-order valence-corrected chi connectivity index (χ2v) is 5.32. The number of hydrogen-bond acceptors (Lipinski definition) is 5. The number of amides is 1. The Bertz CT molecular complexity index is 281. The summed E-state index contributed by atoms with van der Waals surface area (Å²) in [5.74, 6) is 0.0305. The highest BCUT2D eigenvalue weighted by molar-refractivity contribution is 7.46. The van der Waals surface area contributed by atoms with Crippen LogP contribution >= 0.6 is 8.38 Å². The lowest BCUT2D eigenvalue weighted by atomic mass is 10.5. The summed E-state index contributed by atoms with van der Waals surface area (Å²) in [6, 6.07) is 2.00. The molecular weight excluding hydrogens is 253 g/mol. The van der Waals surface area contributed by atoms with Gasteiger partial charge in [0.15, 0.2) is 8.38 Å². The quantitative estimate of drug-likeness (QED) is 0.360. The largest absolute Gasteiger partial charge is 0.333 e. The molecule has 0 bridgehead atoms. The maximum absolute atomic E-state index is 11.8. The third-order valence-corrected chi connectivity index (χ3v) is 3.09. The lowest BCUT2D eigenvalue weighted by molar-refractivity contribution is -0.134. The van der Waals surface area contributed by atoms with Gasteiger partial charge in [-0.05, 0) is 21.0 Å². The first-order chi connectivity index (χ1) is 8.51. The molecule has 7 heteroatoms. The van der Waals surface area contributed by atoms with Crippen LogP contribution in [0.1, 0.15) is 13.3 Å². The molecule has 0 radical (unpaired) electrons. The Hall–Kier alpha value is -0.730. The maximum Gasteiger partial charge on any atom is 0.238 e. The Morgan fingerprint density at radius 2 is 2.06 bits per heavy atom. The molecule has 0 saturated carbocycles. The lowest BCUT2D eigenvalue weighted by Gasteiger charge is -2.24. The number of nitriles is 1. The third kappa shape index (κ3) is 8.37. The number of nitrogens with zero attached hydrogens (tertiary/aromatic N) is 3. The highest BCUT2D eigenvalue weighted by atomic mass is 31.2. The van der Waals surface area contributed by atoms with E-state index in [0.29, 0.717) is 26.1 Å². The first-order valence-corrected chi connectivity index (χ1v) is 7.42. The van der Waals surface area contributed by atoms with E-state index in [1.165, 1.54) is 0 Å². The summed E-state index contributed by atoms with van der Waals surface area (Å²) in [4.78, 5) is 15.2. The maximum atomic E-state index is 11.8. The van der Waals surface area contributed by atoms with Crippen molar-refractivity contribution in [3.05, 3.63) is 0 Å². The molecule has 0 aromatic carbocycles. The van der Waals surface area contributed by atoms with Gasteiger partial charge in [0.05, 0.1) is 25.6 Å². The van der Waals surface area contributed by atoms with E-state index in [9.17, 15) is 4.79 Å². The molecule has 0 saturated heterocycles. The van der Waals surface area contributed by atoms with Crippen LogP contribution in [-0.2, 0) is 13.8 Å². The SMILES string of the molecule is CCN(COP(C)OCCC#N)C(=O)CN(C)C. The summed E-state index contributed by atoms with van der Waals surface area (Å²) in [7, 11) is 2.67. The smallest absolute Gasteiger partial charge is 0.238 e. The third-order valence-electron chi connectivity index (χ3n) is 2.07. The molecule has 104 valence electrons. The van der Waals surface area contributed by atoms with Gasteiger partial charge >= 0.3 is 0 Å². The molecule has 0 aliphatic carbocycles. The van der Waals surface area contributed by atoms with Crippen LogP contribution in [0.5, 0.6) is 0 Å². The predicted molar refractivity (Wildman–Crippen MR) is 70.9 cm³/mol. The average Bonchev–Trinajstić information content (AvgIpc) is 2.29. The molecule has 18 heavy (non-hydrogen) atoms. The van der Waals surface area contributed by atoms with Crippen molar-refractivity contribution in [3.8, 4) is 6.07 Å². The van der Waals surface area contributed by atoms with Gasteiger partial charge in [-0.1, -0.05) is 0 Å². The number of carbonyl (C=O) groups excluding carboxylic acids is 1. The number of rotatable bonds is 9. The van der Waals surface area contributed by atoms with Crippen molar-refractivity contribution in [1.29, 1.82) is 5.26 Å². The van der Waals surface area contributed by atoms with E-state index in [1.807, 2.05) is 38.7 Å². The van der Waals surface area contributed by atoms with Gasteiger partial charge in [-0.25, -0.2) is 0 Å². The first-order valence-electron chi connectivity index (χ1n) is 5.80. The summed E-state index contributed by atoms with van der Waals surface area (Å²) in [5.41, 5.74) is 0. The van der Waals surface area contributed by atoms with Crippen LogP contribution in [0.4, 0.5) is 0 Å². The van der Waals surface area contributed by atoms with Crippen LogP contribution in [0.15, 0.2) is 0 Å². The normalized spacial score (nSPS) is 12.2. The summed E-state index contributed by atoms with van der Waals surface area (Å²) in [5, 5.41) is 8.37. The van der Waals surface area contributed by atoms with Crippen LogP contribution in [-0.4, -0.2) is 62.9 Å². The Labute approximate surface area is 110 Å². The minimum Gasteiger partial charge on any atom is -0.333 e. The van der Waals surface area contributed by atoms with Gasteiger partial charge in [0.1, 0.15) is 6.73 Å². The standard InChI is InChI=1S/C11H22N3O3P/c1-5-14(11(15)9-13(2)3)10-17-18(4)16-8-6-7-12/h5-6,8-10H2,1-4H3. The lowest BCUT2D eigenvalue weighted by Crippen LogP contribution is -2.38. The van der Waals surface area contributed by atoms with Crippen molar-refractivity contribution in [2.75, 3.05) is 47.2 Å². The van der Waals surface area contributed by atoms with Crippen LogP contribution in [0.3, 0.4) is 0 Å². The molecule has 1 amide bonds. The van der Waals surface area contributed by atoms with E-state index in [4.69, 9.17) is 14.3 Å². The van der Waals surface area contributed by atoms with Gasteiger partial charge in [0, 0.05) is 13.2 Å². The van der Waals surface area contributed by atoms with Crippen molar-refractivity contribution in [1.82, 2.24) is 9.80 Å². The monoisotopic (exact) mass is 275 g/mol. The Morgan fingerprint density at radius 3 is 2.56 bits per heavy atom. The average molecular weight is 275 g/mol. The molecule has 1 atom stereocenters. The molecule has 0 spiro atoms. The molecule has 0 aromatic rings. The highest BCUT2D eigenvalue weighted by Crippen LogP contribution is 2.33. The Morgan fingerprint density at radius 1 is 1.39 bits per heavy atom. The fourth-order valence-corrected chi connectivity index (χ4v) is 1.84. The summed E-state index contributed by atoms with van der Waals surface area (Å²) in [6.07, 6.45) is 0.354. The molecule has 0 heterocycles. The van der Waals surface area contributed by atoms with Gasteiger partial charge in [-0.2, -0.15) is 5.26 Å². The van der Waals surface area contributed by atoms with Crippen LogP contribution in [0.25, 0.3) is 0 Å². The molecule has 0 aromatic heterocycles. The zero-order valence-electron chi connectivity index (χ0n) is 11.5. The summed E-state index contributed by atoms with van der Waals surface area (Å²) >= 11 is 0. The summed E-state index contributed by atoms with van der Waals surface area (Å²) < 4.78 is 10.8. The van der Waals surface area contributed by atoms with E-state index in [1.54, 1.807) is 4.90 Å². The zero-order valence-corrected chi connectivity index (χ0v) is 12.4. The van der Waals surface area contributed by atoms with Crippen molar-refractivity contribution < 1.29 is 13.8 Å². The van der Waals surface area contributed by atoms with Gasteiger partial charge in [0.25, 0.3) is 0 Å². The fraction of sp³-hybridized carbons (Fsp3) is 0.818. The molecular formula is C11H22N3O3P. The van der Waals surface area contributed by atoms with E-state index in [0.717, 1.165) is 0 Å². The van der Waals surface area contributed by atoms with Gasteiger partial charge in [-0.3, -0.25) is 4.79 Å². The highest BCUT2D eigenvalue weighted by Gasteiger charge is 2.14. The second kappa shape index (κ2) is 10.2. The van der Waals surface area contributed by atoms with Crippen LogP contribution < -0.4 is 0 Å². The number of carbonyl (C=O) groups is 1. The first kappa shape index (κ1) is 17.3. The van der Waals surface area contributed by atoms with Crippen molar-refractivity contribution in [3.63, 3.8) is 0 Å². The molecule has 6 nitrogen and oxygen atoms in total. The van der Waals surface area contributed by atoms with E-state index >= 15 is 0 Å². The minimum absolute atomic E-state index is 0.0305. The minimum atomic E-state index is -1.03. The Kier molecular flexibility index (Phi) is 9.80. The molecule has 0 fully saturated rings. The second-order valence-electron chi connectivity index (χ2n) is 3.93. The van der Waals surface area contributed by atoms with Crippen molar-refractivity contribution in [2.24, 2.45) is 0 Å². The molecule has 0 aliphatic rings. The predicted octanol–water partition coefficient (Wildman–Crippen LogP) is 1.24. The van der Waals surface area contributed by atoms with Crippen molar-refractivity contribution >= 4 is 14.3 Å². The number of likely N-dealkylation sites (N-methyl/N-ethyl adjacent to an activating group) is 2. The van der Waals surface area contributed by atoms with Gasteiger partial charge in [0.2, 0.25) is 5.91 Å². The summed E-state index contributed by atoms with van der Waals surface area (Å²) in [6.45, 7) is 5.30. The molecule has 0 aliphatic heterocycles. The van der Waals surface area contributed by atoms with Crippen LogP contribution in [0.2, 0.25) is 0 Å². The Balaban J connectivity index is 3.92. The van der Waals surface area contributed by atoms with E-state index < -0.39 is 8.38 Å². The zero-order chi connectivity index (χ0) is 14.0. The topological polar surface area (TPSA) is 65.8 Å². The van der Waals surface area contributed by atoms with Crippen molar-refractivity contribution in [2.45, 2.75) is 13.3 Å².